The Bertz CT molecular complexity index is 666. The van der Waals surface area contributed by atoms with E-state index in [4.69, 9.17) is 19.0 Å². The van der Waals surface area contributed by atoms with Crippen molar-refractivity contribution in [3.8, 4) is 11.5 Å². The van der Waals surface area contributed by atoms with E-state index < -0.39 is 0 Å². The van der Waals surface area contributed by atoms with Crippen molar-refractivity contribution in [2.75, 3.05) is 45.9 Å². The molecule has 1 aromatic carbocycles. The van der Waals surface area contributed by atoms with Crippen LogP contribution in [-0.4, -0.2) is 57.5 Å². The molecule has 0 spiro atoms. The summed E-state index contributed by atoms with van der Waals surface area (Å²) in [7, 11) is 2.97. The maximum Gasteiger partial charge on any atom is 0.277 e. The zero-order valence-corrected chi connectivity index (χ0v) is 15.1. The second-order valence-corrected chi connectivity index (χ2v) is 6.26. The van der Waals surface area contributed by atoms with Crippen LogP contribution in [0.1, 0.15) is 29.6 Å². The van der Waals surface area contributed by atoms with Crippen molar-refractivity contribution in [3.05, 3.63) is 17.7 Å². The van der Waals surface area contributed by atoms with Gasteiger partial charge in [0, 0.05) is 18.7 Å². The minimum Gasteiger partial charge on any atom is -0.493 e. The Kier molecular flexibility index (Phi) is 5.95. The normalized spacial score (nSPS) is 19.9. The first-order valence-electron chi connectivity index (χ1n) is 8.73. The predicted molar refractivity (Wildman–Crippen MR) is 93.3 cm³/mol. The number of hydrogen-bond donors (Lipinski definition) is 1. The van der Waals surface area contributed by atoms with Gasteiger partial charge in [-0.15, -0.1) is 0 Å². The van der Waals surface area contributed by atoms with Crippen LogP contribution >= 0.6 is 0 Å². The Labute approximate surface area is 152 Å². The SMILES string of the molecule is COc1cc(C(=O)N2CCCCO2)cc(NC(=O)C2CCOC2)c1OC. The van der Waals surface area contributed by atoms with Crippen LogP contribution in [0.25, 0.3) is 0 Å². The summed E-state index contributed by atoms with van der Waals surface area (Å²) in [5.41, 5.74) is 0.756. The highest BCUT2D eigenvalue weighted by molar-refractivity contribution is 5.99. The number of carbonyl (C=O) groups is 2. The van der Waals surface area contributed by atoms with Crippen molar-refractivity contribution in [2.24, 2.45) is 5.92 Å². The fourth-order valence-corrected chi connectivity index (χ4v) is 3.06. The van der Waals surface area contributed by atoms with Gasteiger partial charge in [0.25, 0.3) is 5.91 Å². The van der Waals surface area contributed by atoms with Crippen LogP contribution in [0.3, 0.4) is 0 Å². The minimum absolute atomic E-state index is 0.165. The molecule has 2 amide bonds. The zero-order chi connectivity index (χ0) is 18.5. The van der Waals surface area contributed by atoms with Gasteiger partial charge in [0.2, 0.25) is 5.91 Å². The summed E-state index contributed by atoms with van der Waals surface area (Å²) in [5, 5.41) is 4.19. The molecule has 1 atom stereocenters. The average Bonchev–Trinajstić information content (AvgIpc) is 3.22. The molecule has 1 unspecified atom stereocenters. The first-order valence-corrected chi connectivity index (χ1v) is 8.73. The fourth-order valence-electron chi connectivity index (χ4n) is 3.06. The van der Waals surface area contributed by atoms with Gasteiger partial charge in [-0.1, -0.05) is 0 Å². The first kappa shape index (κ1) is 18.5. The summed E-state index contributed by atoms with van der Waals surface area (Å²) in [5.74, 6) is 0.0896. The van der Waals surface area contributed by atoms with E-state index in [1.165, 1.54) is 19.3 Å². The second kappa shape index (κ2) is 8.37. The third-order valence-corrected chi connectivity index (χ3v) is 4.51. The van der Waals surface area contributed by atoms with Crippen molar-refractivity contribution in [1.29, 1.82) is 0 Å². The van der Waals surface area contributed by atoms with Gasteiger partial charge in [-0.05, 0) is 31.4 Å². The number of benzene rings is 1. The van der Waals surface area contributed by atoms with Crippen molar-refractivity contribution in [3.63, 3.8) is 0 Å². The van der Waals surface area contributed by atoms with Crippen LogP contribution in [-0.2, 0) is 14.4 Å². The molecule has 142 valence electrons. The number of nitrogens with zero attached hydrogens (tertiary/aromatic N) is 1. The van der Waals surface area contributed by atoms with Gasteiger partial charge in [-0.25, -0.2) is 5.06 Å². The number of rotatable bonds is 5. The molecule has 0 bridgehead atoms. The van der Waals surface area contributed by atoms with E-state index in [1.807, 2.05) is 0 Å². The number of carbonyl (C=O) groups excluding carboxylic acids is 2. The van der Waals surface area contributed by atoms with Gasteiger partial charge in [0.15, 0.2) is 11.5 Å². The monoisotopic (exact) mass is 364 g/mol. The smallest absolute Gasteiger partial charge is 0.277 e. The summed E-state index contributed by atoms with van der Waals surface area (Å²) >= 11 is 0. The molecule has 2 fully saturated rings. The van der Waals surface area contributed by atoms with Crippen molar-refractivity contribution in [1.82, 2.24) is 5.06 Å². The van der Waals surface area contributed by atoms with Crippen LogP contribution in [0.15, 0.2) is 12.1 Å². The summed E-state index contributed by atoms with van der Waals surface area (Å²) in [6, 6.07) is 3.18. The number of hydroxylamine groups is 2. The third kappa shape index (κ3) is 3.91. The Hall–Kier alpha value is -2.32. The Morgan fingerprint density at radius 1 is 1.19 bits per heavy atom. The molecule has 0 aliphatic carbocycles. The molecule has 0 aromatic heterocycles. The molecule has 1 N–H and O–H groups in total. The number of methoxy groups -OCH3 is 2. The van der Waals surface area contributed by atoms with Crippen LogP contribution in [0.4, 0.5) is 5.69 Å². The van der Waals surface area contributed by atoms with E-state index >= 15 is 0 Å². The number of hydrogen-bond acceptors (Lipinski definition) is 6. The number of nitrogens with one attached hydrogen (secondary N) is 1. The van der Waals surface area contributed by atoms with Crippen molar-refractivity contribution in [2.45, 2.75) is 19.3 Å². The van der Waals surface area contributed by atoms with Crippen molar-refractivity contribution < 1.29 is 28.6 Å². The van der Waals surface area contributed by atoms with E-state index in [9.17, 15) is 9.59 Å². The number of anilines is 1. The average molecular weight is 364 g/mol. The van der Waals surface area contributed by atoms with Gasteiger partial charge < -0.3 is 19.5 Å². The van der Waals surface area contributed by atoms with Crippen molar-refractivity contribution >= 4 is 17.5 Å². The summed E-state index contributed by atoms with van der Waals surface area (Å²) in [4.78, 5) is 30.6. The molecule has 3 rings (SSSR count). The van der Waals surface area contributed by atoms with E-state index in [1.54, 1.807) is 12.1 Å². The second-order valence-electron chi connectivity index (χ2n) is 6.26. The number of ether oxygens (including phenoxy) is 3. The molecular weight excluding hydrogens is 340 g/mol. The molecule has 0 saturated carbocycles. The maximum absolute atomic E-state index is 12.7. The lowest BCUT2D eigenvalue weighted by Gasteiger charge is -2.26. The van der Waals surface area contributed by atoms with Gasteiger partial charge in [-0.3, -0.25) is 14.4 Å². The molecular formula is C18H24N2O6. The topological polar surface area (TPSA) is 86.3 Å². The lowest BCUT2D eigenvalue weighted by atomic mass is 10.1. The van der Waals surface area contributed by atoms with Gasteiger partial charge >= 0.3 is 0 Å². The predicted octanol–water partition coefficient (Wildman–Crippen LogP) is 1.85. The molecule has 1 aromatic rings. The summed E-state index contributed by atoms with van der Waals surface area (Å²) in [6.45, 7) is 2.02. The lowest BCUT2D eigenvalue weighted by molar-refractivity contribution is -0.144. The Morgan fingerprint density at radius 2 is 2.04 bits per heavy atom. The van der Waals surface area contributed by atoms with Gasteiger partial charge in [0.05, 0.1) is 39.0 Å². The highest BCUT2D eigenvalue weighted by Crippen LogP contribution is 2.37. The van der Waals surface area contributed by atoms with E-state index in [0.29, 0.717) is 55.5 Å². The van der Waals surface area contributed by atoms with Gasteiger partial charge in [-0.2, -0.15) is 0 Å². The fraction of sp³-hybridized carbons (Fsp3) is 0.556. The minimum atomic E-state index is -0.273. The van der Waals surface area contributed by atoms with Crippen LogP contribution in [0.2, 0.25) is 0 Å². The standard InChI is InChI=1S/C18H24N2O6/c1-23-15-10-13(18(22)20-6-3-4-7-26-20)9-14(16(15)24-2)19-17(21)12-5-8-25-11-12/h9-10,12H,3-8,11H2,1-2H3,(H,19,21). The molecule has 2 saturated heterocycles. The molecule has 2 heterocycles. The van der Waals surface area contributed by atoms with Crippen LogP contribution in [0, 0.1) is 5.92 Å². The highest BCUT2D eigenvalue weighted by Gasteiger charge is 2.27. The van der Waals surface area contributed by atoms with Crippen LogP contribution < -0.4 is 14.8 Å². The first-order chi connectivity index (χ1) is 12.6. The van der Waals surface area contributed by atoms with Gasteiger partial charge in [0.1, 0.15) is 0 Å². The number of amides is 2. The molecule has 8 nitrogen and oxygen atoms in total. The van der Waals surface area contributed by atoms with Crippen LogP contribution in [0.5, 0.6) is 11.5 Å². The highest BCUT2D eigenvalue weighted by atomic mass is 16.7. The largest absolute Gasteiger partial charge is 0.493 e. The summed E-state index contributed by atoms with van der Waals surface area (Å²) < 4.78 is 16.0. The molecule has 26 heavy (non-hydrogen) atoms. The summed E-state index contributed by atoms with van der Waals surface area (Å²) in [6.07, 6.45) is 2.50. The van der Waals surface area contributed by atoms with E-state index in [-0.39, 0.29) is 17.7 Å². The maximum atomic E-state index is 12.7. The van der Waals surface area contributed by atoms with E-state index in [2.05, 4.69) is 5.32 Å². The molecule has 0 radical (unpaired) electrons. The lowest BCUT2D eigenvalue weighted by Crippen LogP contribution is -2.35. The molecule has 8 heteroatoms. The quantitative estimate of drug-likeness (QED) is 0.858. The molecule has 2 aliphatic heterocycles. The Balaban J connectivity index is 1.88. The zero-order valence-electron chi connectivity index (χ0n) is 15.1. The Morgan fingerprint density at radius 3 is 2.65 bits per heavy atom. The van der Waals surface area contributed by atoms with E-state index in [0.717, 1.165) is 12.8 Å². The molecule has 2 aliphatic rings. The third-order valence-electron chi connectivity index (χ3n) is 4.51.